The lowest BCUT2D eigenvalue weighted by atomic mass is 10.1. The number of phosphoric ester groups is 2. The minimum atomic E-state index is -5.46. The molecule has 164 valence electrons. The minimum absolute atomic E-state index is 0.352. The molecule has 3 unspecified atom stereocenters. The first-order chi connectivity index (χ1) is 12.8. The lowest BCUT2D eigenvalue weighted by molar-refractivity contribution is 0.169. The van der Waals surface area contributed by atoms with Crippen LogP contribution >= 0.6 is 23.5 Å². The van der Waals surface area contributed by atoms with Crippen LogP contribution in [0.2, 0.25) is 0 Å². The van der Waals surface area contributed by atoms with Crippen LogP contribution in [0.3, 0.4) is 0 Å². The molecule has 0 heterocycles. The third-order valence-corrected chi connectivity index (χ3v) is 7.03. The van der Waals surface area contributed by atoms with Crippen LogP contribution in [-0.2, 0) is 31.4 Å². The summed E-state index contributed by atoms with van der Waals surface area (Å²) in [5.41, 5.74) is 2.01. The number of allylic oxidation sites excluding steroid dienone is 3. The van der Waals surface area contributed by atoms with E-state index in [2.05, 4.69) is 17.7 Å². The molecular weight excluding hydrogens is 437 g/mol. The maximum absolute atomic E-state index is 11.7. The summed E-state index contributed by atoms with van der Waals surface area (Å²) in [5, 5.41) is 8.49. The van der Waals surface area contributed by atoms with Gasteiger partial charge in [0.15, 0.2) is 0 Å². The second-order valence-corrected chi connectivity index (χ2v) is 10.3. The molecule has 0 aliphatic carbocycles. The molecule has 0 aliphatic heterocycles. The molecule has 0 amide bonds. The molecule has 3 atom stereocenters. The zero-order valence-corrected chi connectivity index (χ0v) is 18.5. The summed E-state index contributed by atoms with van der Waals surface area (Å²) >= 11 is 0. The van der Waals surface area contributed by atoms with Gasteiger partial charge in [-0.2, -0.15) is 8.62 Å². The van der Waals surface area contributed by atoms with Crippen molar-refractivity contribution in [2.24, 2.45) is 0 Å². The Morgan fingerprint density at radius 1 is 0.821 bits per heavy atom. The van der Waals surface area contributed by atoms with Crippen LogP contribution in [0.25, 0.3) is 0 Å². The van der Waals surface area contributed by atoms with E-state index in [1.807, 2.05) is 19.9 Å². The van der Waals surface area contributed by atoms with E-state index < -0.39 is 36.7 Å². The highest BCUT2D eigenvalue weighted by Crippen LogP contribution is 2.67. The monoisotopic (exact) mass is 464 g/mol. The molecule has 0 aromatic carbocycles. The summed E-state index contributed by atoms with van der Waals surface area (Å²) < 4.78 is 51.5. The molecule has 0 saturated heterocycles. The fourth-order valence-corrected chi connectivity index (χ4v) is 4.96. The maximum atomic E-state index is 11.7. The molecule has 0 aromatic heterocycles. The lowest BCUT2D eigenvalue weighted by Gasteiger charge is -2.17. The Hall–Kier alpha value is -0.410. The molecule has 0 bridgehead atoms. The number of aliphatic hydroxyl groups is 1. The van der Waals surface area contributed by atoms with Crippen molar-refractivity contribution >= 4 is 23.5 Å². The van der Waals surface area contributed by atoms with Gasteiger partial charge in [-0.25, -0.2) is 13.7 Å². The van der Waals surface area contributed by atoms with E-state index in [0.717, 1.165) is 23.6 Å². The molecule has 0 aliphatic rings. The van der Waals surface area contributed by atoms with Gasteiger partial charge in [-0.05, 0) is 33.6 Å². The standard InChI is InChI=1S/C14H27O11P3/c1-13(2)7-6-8-14(3)9-12-23-27(18,19)25-28(20,21)24-26(16,17)22-11-5-4-10-15/h4-5,7,9,15H,6,8,10-12H2,1-3H3,(H,16,17)(H,18,19)(H,20,21)/b5-4+,14-9+. The van der Waals surface area contributed by atoms with E-state index in [-0.39, 0.29) is 6.61 Å². The minimum Gasteiger partial charge on any atom is -0.392 e. The number of phosphoric acid groups is 3. The van der Waals surface area contributed by atoms with Crippen molar-refractivity contribution in [1.29, 1.82) is 0 Å². The number of rotatable bonds is 14. The first kappa shape index (κ1) is 27.6. The Bertz CT molecular complexity index is 709. The zero-order chi connectivity index (χ0) is 21.8. The van der Waals surface area contributed by atoms with Crippen LogP contribution in [-0.4, -0.2) is 39.6 Å². The van der Waals surface area contributed by atoms with Crippen molar-refractivity contribution in [3.05, 3.63) is 35.5 Å². The van der Waals surface area contributed by atoms with E-state index >= 15 is 0 Å². The van der Waals surface area contributed by atoms with Crippen LogP contribution < -0.4 is 0 Å². The van der Waals surface area contributed by atoms with Crippen molar-refractivity contribution < 1.29 is 51.2 Å². The highest BCUT2D eigenvalue weighted by atomic mass is 31.3. The molecule has 28 heavy (non-hydrogen) atoms. The molecule has 4 N–H and O–H groups in total. The molecule has 11 nitrogen and oxygen atoms in total. The van der Waals surface area contributed by atoms with Gasteiger partial charge in [0, 0.05) is 0 Å². The van der Waals surface area contributed by atoms with Crippen LogP contribution in [0.5, 0.6) is 0 Å². The fraction of sp³-hybridized carbons (Fsp3) is 0.571. The molecule has 0 rings (SSSR count). The largest absolute Gasteiger partial charge is 0.490 e. The average Bonchev–Trinajstić information content (AvgIpc) is 2.48. The van der Waals surface area contributed by atoms with Gasteiger partial charge in [-0.1, -0.05) is 35.5 Å². The van der Waals surface area contributed by atoms with Crippen LogP contribution in [0.1, 0.15) is 33.6 Å². The van der Waals surface area contributed by atoms with Crippen LogP contribution in [0, 0.1) is 0 Å². The van der Waals surface area contributed by atoms with Crippen LogP contribution in [0.4, 0.5) is 0 Å². The number of aliphatic hydroxyl groups excluding tert-OH is 1. The lowest BCUT2D eigenvalue weighted by Crippen LogP contribution is -1.99. The SMILES string of the molecule is CC(C)=CCC/C(C)=C/COP(=O)(O)OP(=O)(O)OP(=O)(O)OC/C=C/CO. The summed E-state index contributed by atoms with van der Waals surface area (Å²) in [5.74, 6) is 0. The second-order valence-electron chi connectivity index (χ2n) is 5.69. The predicted octanol–water partition coefficient (Wildman–Crippen LogP) is 3.60. The Morgan fingerprint density at radius 2 is 1.36 bits per heavy atom. The van der Waals surface area contributed by atoms with E-state index in [1.54, 1.807) is 6.92 Å². The summed E-state index contributed by atoms with van der Waals surface area (Å²) in [7, 11) is -15.6. The predicted molar refractivity (Wildman–Crippen MR) is 102 cm³/mol. The Balaban J connectivity index is 4.61. The molecule has 0 radical (unpaired) electrons. The zero-order valence-electron chi connectivity index (χ0n) is 15.8. The van der Waals surface area contributed by atoms with Crippen molar-refractivity contribution in [1.82, 2.24) is 0 Å². The highest BCUT2D eigenvalue weighted by molar-refractivity contribution is 7.66. The summed E-state index contributed by atoms with van der Waals surface area (Å²) in [4.78, 5) is 28.1. The van der Waals surface area contributed by atoms with Crippen LogP contribution in [0.15, 0.2) is 35.5 Å². The van der Waals surface area contributed by atoms with Gasteiger partial charge >= 0.3 is 23.5 Å². The second kappa shape index (κ2) is 13.0. The summed E-state index contributed by atoms with van der Waals surface area (Å²) in [6, 6.07) is 0. The Labute approximate surface area is 164 Å². The molecule has 0 saturated carbocycles. The maximum Gasteiger partial charge on any atom is 0.490 e. The fourth-order valence-electron chi connectivity index (χ4n) is 1.57. The van der Waals surface area contributed by atoms with Gasteiger partial charge < -0.3 is 19.8 Å². The Kier molecular flexibility index (Phi) is 12.8. The van der Waals surface area contributed by atoms with E-state index in [0.29, 0.717) is 6.42 Å². The first-order valence-corrected chi connectivity index (χ1v) is 12.5. The van der Waals surface area contributed by atoms with E-state index in [1.165, 1.54) is 12.2 Å². The van der Waals surface area contributed by atoms with Gasteiger partial charge in [0.1, 0.15) is 0 Å². The van der Waals surface area contributed by atoms with E-state index in [4.69, 9.17) is 5.11 Å². The average molecular weight is 464 g/mol. The van der Waals surface area contributed by atoms with Gasteiger partial charge in [0.2, 0.25) is 0 Å². The van der Waals surface area contributed by atoms with Crippen molar-refractivity contribution in [2.75, 3.05) is 19.8 Å². The molecule has 0 aromatic rings. The quantitative estimate of drug-likeness (QED) is 0.219. The third kappa shape index (κ3) is 15.5. The molecule has 0 fully saturated rings. The van der Waals surface area contributed by atoms with Gasteiger partial charge in [0.05, 0.1) is 19.8 Å². The third-order valence-electron chi connectivity index (χ3n) is 2.78. The number of hydrogen-bond donors (Lipinski definition) is 4. The van der Waals surface area contributed by atoms with Gasteiger partial charge in [0.25, 0.3) is 0 Å². The number of hydrogen-bond acceptors (Lipinski definition) is 8. The van der Waals surface area contributed by atoms with Crippen molar-refractivity contribution in [3.8, 4) is 0 Å². The molecule has 0 spiro atoms. The van der Waals surface area contributed by atoms with Crippen molar-refractivity contribution in [3.63, 3.8) is 0 Å². The summed E-state index contributed by atoms with van der Waals surface area (Å²) in [6.07, 6.45) is 7.29. The van der Waals surface area contributed by atoms with Gasteiger partial charge in [-0.3, -0.25) is 9.05 Å². The Morgan fingerprint density at radius 3 is 1.86 bits per heavy atom. The smallest absolute Gasteiger partial charge is 0.392 e. The van der Waals surface area contributed by atoms with Gasteiger partial charge in [-0.15, -0.1) is 0 Å². The first-order valence-electron chi connectivity index (χ1n) is 8.03. The normalized spacial score (nSPS) is 19.0. The topological polar surface area (TPSA) is 169 Å². The molecule has 14 heteroatoms. The van der Waals surface area contributed by atoms with Crippen molar-refractivity contribution in [2.45, 2.75) is 33.6 Å². The molecular formula is C14H27O11P3. The summed E-state index contributed by atoms with van der Waals surface area (Å²) in [6.45, 7) is 4.41. The highest BCUT2D eigenvalue weighted by Gasteiger charge is 2.41. The van der Waals surface area contributed by atoms with E-state index in [9.17, 15) is 28.4 Å².